The molecule has 0 unspecified atom stereocenters. The lowest BCUT2D eigenvalue weighted by Crippen LogP contribution is -2.20. The Hall–Kier alpha value is -0.980. The molecule has 7 heteroatoms. The highest BCUT2D eigenvalue weighted by Gasteiger charge is 2.07. The molecular formula is C11H11BrClFN4. The summed E-state index contributed by atoms with van der Waals surface area (Å²) in [6.07, 6.45) is 4.94. The molecule has 0 amide bonds. The van der Waals surface area contributed by atoms with Gasteiger partial charge in [-0.25, -0.2) is 4.98 Å². The predicted molar refractivity (Wildman–Crippen MR) is 70.8 cm³/mol. The molecule has 0 saturated carbocycles. The lowest BCUT2D eigenvalue weighted by atomic mass is 10.3. The number of nitrogens with one attached hydrogen (secondary N) is 1. The highest BCUT2D eigenvalue weighted by atomic mass is 79.9. The summed E-state index contributed by atoms with van der Waals surface area (Å²) in [5.41, 5.74) is 0.390. The van der Waals surface area contributed by atoms with Crippen molar-refractivity contribution in [3.8, 4) is 0 Å². The van der Waals surface area contributed by atoms with Crippen LogP contribution in [-0.2, 0) is 13.1 Å². The van der Waals surface area contributed by atoms with Crippen LogP contribution in [0.2, 0.25) is 5.02 Å². The maximum absolute atomic E-state index is 13.3. The number of halogens is 3. The molecule has 2 heterocycles. The van der Waals surface area contributed by atoms with Crippen molar-refractivity contribution in [2.45, 2.75) is 13.1 Å². The van der Waals surface area contributed by atoms with E-state index in [1.807, 2.05) is 6.20 Å². The molecule has 0 radical (unpaired) electrons. The number of nitrogens with zero attached hydrogens (tertiary/aromatic N) is 3. The van der Waals surface area contributed by atoms with E-state index >= 15 is 0 Å². The van der Waals surface area contributed by atoms with Crippen LogP contribution in [0, 0.1) is 5.95 Å². The van der Waals surface area contributed by atoms with Gasteiger partial charge >= 0.3 is 0 Å². The molecular weight excluding hydrogens is 323 g/mol. The third-order valence-corrected chi connectivity index (χ3v) is 3.13. The second kappa shape index (κ2) is 6.26. The Balaban J connectivity index is 1.82. The van der Waals surface area contributed by atoms with Gasteiger partial charge in [0, 0.05) is 31.0 Å². The highest BCUT2D eigenvalue weighted by molar-refractivity contribution is 9.10. The monoisotopic (exact) mass is 332 g/mol. The van der Waals surface area contributed by atoms with Gasteiger partial charge in [-0.1, -0.05) is 11.6 Å². The summed E-state index contributed by atoms with van der Waals surface area (Å²) in [6, 6.07) is 1.58. The zero-order chi connectivity index (χ0) is 13.0. The molecule has 96 valence electrons. The molecule has 1 N–H and O–H groups in total. The summed E-state index contributed by atoms with van der Waals surface area (Å²) in [5.74, 6) is -0.531. The molecule has 0 fully saturated rings. The maximum atomic E-state index is 13.3. The lowest BCUT2D eigenvalue weighted by molar-refractivity contribution is 0.527. The van der Waals surface area contributed by atoms with Gasteiger partial charge in [-0.3, -0.25) is 4.68 Å². The Kier molecular flexibility index (Phi) is 4.68. The van der Waals surface area contributed by atoms with Crippen LogP contribution < -0.4 is 5.32 Å². The van der Waals surface area contributed by atoms with Crippen LogP contribution in [0.15, 0.2) is 29.1 Å². The average Bonchev–Trinajstić information content (AvgIpc) is 2.73. The summed E-state index contributed by atoms with van der Waals surface area (Å²) in [7, 11) is 0. The number of pyridine rings is 1. The highest BCUT2D eigenvalue weighted by Crippen LogP contribution is 2.16. The second-order valence-electron chi connectivity index (χ2n) is 3.66. The molecule has 4 nitrogen and oxygen atoms in total. The standard InChI is InChI=1S/C11H11BrClFN4/c12-8-5-17-18(7-8)4-3-15-6-9-10(13)1-2-16-11(9)14/h1-2,5,7,15H,3-4,6H2. The van der Waals surface area contributed by atoms with Crippen LogP contribution in [0.5, 0.6) is 0 Å². The van der Waals surface area contributed by atoms with E-state index in [2.05, 4.69) is 31.3 Å². The predicted octanol–water partition coefficient (Wildman–Crippen LogP) is 2.62. The molecule has 2 aromatic rings. The Morgan fingerprint density at radius 3 is 3.00 bits per heavy atom. The molecule has 18 heavy (non-hydrogen) atoms. The zero-order valence-corrected chi connectivity index (χ0v) is 11.7. The summed E-state index contributed by atoms with van der Waals surface area (Å²) >= 11 is 9.20. The van der Waals surface area contributed by atoms with Crippen molar-refractivity contribution in [1.29, 1.82) is 0 Å². The SMILES string of the molecule is Fc1nccc(Cl)c1CNCCn1cc(Br)cn1. The quantitative estimate of drug-likeness (QED) is 0.676. The van der Waals surface area contributed by atoms with Gasteiger partial charge in [0.15, 0.2) is 0 Å². The van der Waals surface area contributed by atoms with Crippen molar-refractivity contribution in [3.63, 3.8) is 0 Å². The number of aromatic nitrogens is 3. The molecule has 2 rings (SSSR count). The largest absolute Gasteiger partial charge is 0.311 e. The first kappa shape index (κ1) is 13.5. The minimum atomic E-state index is -0.531. The minimum absolute atomic E-state index is 0.348. The normalized spacial score (nSPS) is 10.8. The van der Waals surface area contributed by atoms with Crippen LogP contribution in [0.25, 0.3) is 0 Å². The Bertz CT molecular complexity index is 511. The van der Waals surface area contributed by atoms with Crippen molar-refractivity contribution in [2.24, 2.45) is 0 Å². The van der Waals surface area contributed by atoms with Crippen LogP contribution in [0.1, 0.15) is 5.56 Å². The van der Waals surface area contributed by atoms with E-state index in [1.54, 1.807) is 16.9 Å². The molecule has 0 aliphatic heterocycles. The fourth-order valence-electron chi connectivity index (χ4n) is 1.47. The second-order valence-corrected chi connectivity index (χ2v) is 4.98. The number of hydrogen-bond acceptors (Lipinski definition) is 3. The van der Waals surface area contributed by atoms with Gasteiger partial charge in [-0.2, -0.15) is 9.49 Å². The summed E-state index contributed by atoms with van der Waals surface area (Å²) in [4.78, 5) is 3.57. The van der Waals surface area contributed by atoms with Crippen LogP contribution in [0.4, 0.5) is 4.39 Å². The summed E-state index contributed by atoms with van der Waals surface area (Å²) in [5, 5.41) is 7.60. The van der Waals surface area contributed by atoms with Gasteiger partial charge in [0.2, 0.25) is 5.95 Å². The van der Waals surface area contributed by atoms with Crippen molar-refractivity contribution < 1.29 is 4.39 Å². The van der Waals surface area contributed by atoms with E-state index in [0.29, 0.717) is 30.2 Å². The minimum Gasteiger partial charge on any atom is -0.311 e. The molecule has 0 bridgehead atoms. The van der Waals surface area contributed by atoms with Gasteiger partial charge in [0.1, 0.15) is 0 Å². The zero-order valence-electron chi connectivity index (χ0n) is 9.41. The van der Waals surface area contributed by atoms with Crippen molar-refractivity contribution in [1.82, 2.24) is 20.1 Å². The molecule has 0 aliphatic carbocycles. The fraction of sp³-hybridized carbons (Fsp3) is 0.273. The summed E-state index contributed by atoms with van der Waals surface area (Å²) < 4.78 is 16.1. The van der Waals surface area contributed by atoms with Gasteiger partial charge in [0.25, 0.3) is 0 Å². The van der Waals surface area contributed by atoms with Gasteiger partial charge in [-0.05, 0) is 22.0 Å². The fourth-order valence-corrected chi connectivity index (χ4v) is 2.00. The van der Waals surface area contributed by atoms with Gasteiger partial charge in [-0.15, -0.1) is 0 Å². The van der Waals surface area contributed by atoms with Crippen LogP contribution in [0.3, 0.4) is 0 Å². The maximum Gasteiger partial charge on any atom is 0.218 e. The van der Waals surface area contributed by atoms with E-state index in [1.165, 1.54) is 6.20 Å². The van der Waals surface area contributed by atoms with Crippen molar-refractivity contribution in [2.75, 3.05) is 6.54 Å². The topological polar surface area (TPSA) is 42.7 Å². The average molecular weight is 334 g/mol. The molecule has 0 aliphatic rings. The van der Waals surface area contributed by atoms with E-state index in [9.17, 15) is 4.39 Å². The van der Waals surface area contributed by atoms with E-state index in [-0.39, 0.29) is 0 Å². The summed E-state index contributed by atoms with van der Waals surface area (Å²) in [6.45, 7) is 1.71. The van der Waals surface area contributed by atoms with E-state index < -0.39 is 5.95 Å². The molecule has 0 spiro atoms. The van der Waals surface area contributed by atoms with Crippen molar-refractivity contribution >= 4 is 27.5 Å². The Morgan fingerprint density at radius 1 is 1.50 bits per heavy atom. The lowest BCUT2D eigenvalue weighted by Gasteiger charge is -2.07. The number of hydrogen-bond donors (Lipinski definition) is 1. The van der Waals surface area contributed by atoms with Crippen LogP contribution >= 0.6 is 27.5 Å². The third-order valence-electron chi connectivity index (χ3n) is 2.37. The third kappa shape index (κ3) is 3.51. The van der Waals surface area contributed by atoms with Gasteiger partial charge < -0.3 is 5.32 Å². The van der Waals surface area contributed by atoms with Gasteiger partial charge in [0.05, 0.1) is 22.2 Å². The molecule has 2 aromatic heterocycles. The first-order valence-electron chi connectivity index (χ1n) is 5.34. The Labute approximate surface area is 117 Å². The Morgan fingerprint density at radius 2 is 2.33 bits per heavy atom. The molecule has 0 atom stereocenters. The molecule has 0 saturated heterocycles. The van der Waals surface area contributed by atoms with Crippen LogP contribution in [-0.4, -0.2) is 21.3 Å². The molecule has 0 aromatic carbocycles. The smallest absolute Gasteiger partial charge is 0.218 e. The number of rotatable bonds is 5. The first-order valence-corrected chi connectivity index (χ1v) is 6.51. The van der Waals surface area contributed by atoms with Crippen molar-refractivity contribution in [3.05, 3.63) is 45.7 Å². The van der Waals surface area contributed by atoms with E-state index in [4.69, 9.17) is 11.6 Å². The first-order chi connectivity index (χ1) is 8.66. The van der Waals surface area contributed by atoms with E-state index in [0.717, 1.165) is 4.47 Å².